The van der Waals surface area contributed by atoms with Crippen LogP contribution in [0.5, 0.6) is 0 Å². The van der Waals surface area contributed by atoms with Crippen LogP contribution in [-0.4, -0.2) is 54.3 Å². The fourth-order valence-electron chi connectivity index (χ4n) is 3.14. The van der Waals surface area contributed by atoms with Crippen LogP contribution in [0.15, 0.2) is 24.3 Å². The zero-order valence-electron chi connectivity index (χ0n) is 14.8. The Labute approximate surface area is 142 Å². The van der Waals surface area contributed by atoms with E-state index in [2.05, 4.69) is 5.32 Å². The second-order valence-corrected chi connectivity index (χ2v) is 6.90. The summed E-state index contributed by atoms with van der Waals surface area (Å²) in [6.45, 7) is 4.78. The number of hydrogen-bond donors (Lipinski definition) is 1. The quantitative estimate of drug-likeness (QED) is 0.919. The minimum atomic E-state index is -0.814. The van der Waals surface area contributed by atoms with Gasteiger partial charge in [-0.3, -0.25) is 9.59 Å². The first-order valence-electron chi connectivity index (χ1n) is 8.29. The molecule has 1 N–H and O–H groups in total. The van der Waals surface area contributed by atoms with Gasteiger partial charge in [0.1, 0.15) is 11.4 Å². The van der Waals surface area contributed by atoms with Crippen molar-refractivity contribution in [2.24, 2.45) is 5.92 Å². The molecular weight excluding hydrogens is 309 g/mol. The minimum Gasteiger partial charge on any atom is -0.371 e. The Balaban J connectivity index is 2.21. The maximum atomic E-state index is 13.5. The van der Waals surface area contributed by atoms with E-state index in [0.29, 0.717) is 31.6 Å². The summed E-state index contributed by atoms with van der Waals surface area (Å²) in [5.41, 5.74) is -0.237. The number of nitrogens with zero attached hydrogens (tertiary/aromatic N) is 2. The van der Waals surface area contributed by atoms with E-state index in [1.165, 1.54) is 12.1 Å². The van der Waals surface area contributed by atoms with Gasteiger partial charge in [0.05, 0.1) is 0 Å². The van der Waals surface area contributed by atoms with E-state index in [4.69, 9.17) is 0 Å². The van der Waals surface area contributed by atoms with E-state index in [-0.39, 0.29) is 23.5 Å². The van der Waals surface area contributed by atoms with Gasteiger partial charge in [-0.05, 0) is 31.0 Å². The molecule has 1 aliphatic heterocycles. The highest BCUT2D eigenvalue weighted by molar-refractivity contribution is 5.90. The third-order valence-electron chi connectivity index (χ3n) is 4.45. The van der Waals surface area contributed by atoms with Crippen LogP contribution < -0.4 is 5.32 Å². The lowest BCUT2D eigenvalue weighted by Gasteiger charge is -2.43. The van der Waals surface area contributed by atoms with E-state index in [9.17, 15) is 14.0 Å². The Kier molecular flexibility index (Phi) is 5.47. The van der Waals surface area contributed by atoms with Gasteiger partial charge in [0.15, 0.2) is 0 Å². The number of rotatable bonds is 4. The van der Waals surface area contributed by atoms with E-state index < -0.39 is 5.54 Å². The lowest BCUT2D eigenvalue weighted by Crippen LogP contribution is -2.59. The molecule has 0 atom stereocenters. The monoisotopic (exact) mass is 335 g/mol. The predicted octanol–water partition coefficient (Wildman–Crippen LogP) is 2.34. The van der Waals surface area contributed by atoms with Crippen LogP contribution in [0.25, 0.3) is 0 Å². The molecule has 0 spiro atoms. The van der Waals surface area contributed by atoms with Crippen molar-refractivity contribution >= 4 is 17.5 Å². The zero-order valence-corrected chi connectivity index (χ0v) is 14.8. The van der Waals surface area contributed by atoms with Crippen molar-refractivity contribution in [3.63, 3.8) is 0 Å². The minimum absolute atomic E-state index is 0.0524. The normalized spacial score (nSPS) is 16.8. The largest absolute Gasteiger partial charge is 0.371 e. The van der Waals surface area contributed by atoms with Crippen LogP contribution in [0, 0.1) is 11.7 Å². The lowest BCUT2D eigenvalue weighted by atomic mass is 9.85. The van der Waals surface area contributed by atoms with Crippen LogP contribution in [0.4, 0.5) is 10.1 Å². The van der Waals surface area contributed by atoms with Gasteiger partial charge in [-0.25, -0.2) is 4.39 Å². The number of piperidine rings is 1. The van der Waals surface area contributed by atoms with Crippen molar-refractivity contribution in [3.8, 4) is 0 Å². The van der Waals surface area contributed by atoms with Crippen molar-refractivity contribution in [3.05, 3.63) is 30.1 Å². The summed E-state index contributed by atoms with van der Waals surface area (Å²) in [6, 6.07) is 6.12. The Hall–Kier alpha value is -2.11. The summed E-state index contributed by atoms with van der Waals surface area (Å²) in [7, 11) is 3.42. The average molecular weight is 335 g/mol. The van der Waals surface area contributed by atoms with Crippen molar-refractivity contribution in [1.82, 2.24) is 9.80 Å². The SMILES string of the molecule is CC(C)C(=O)N1CCC(Nc2cccc(F)c2)(C(=O)N(C)C)CC1. The summed E-state index contributed by atoms with van der Waals surface area (Å²) < 4.78 is 13.5. The molecule has 6 heteroatoms. The molecular formula is C18H26FN3O2. The smallest absolute Gasteiger partial charge is 0.247 e. The Morgan fingerprint density at radius 2 is 1.88 bits per heavy atom. The summed E-state index contributed by atoms with van der Waals surface area (Å²) >= 11 is 0. The lowest BCUT2D eigenvalue weighted by molar-refractivity contribution is -0.141. The fraction of sp³-hybridized carbons (Fsp3) is 0.556. The van der Waals surface area contributed by atoms with Crippen LogP contribution in [0.3, 0.4) is 0 Å². The van der Waals surface area contributed by atoms with Crippen LogP contribution in [0.1, 0.15) is 26.7 Å². The molecule has 132 valence electrons. The third-order valence-corrected chi connectivity index (χ3v) is 4.45. The summed E-state index contributed by atoms with van der Waals surface area (Å²) in [5.74, 6) is -0.354. The van der Waals surface area contributed by atoms with Gasteiger partial charge in [-0.15, -0.1) is 0 Å². The standard InChI is InChI=1S/C18H26FN3O2/c1-13(2)16(23)22-10-8-18(9-11-22,17(24)21(3)4)20-15-7-5-6-14(19)12-15/h5-7,12-13,20H,8-11H2,1-4H3. The molecule has 1 aromatic carbocycles. The van der Waals surface area contributed by atoms with E-state index >= 15 is 0 Å². The highest BCUT2D eigenvalue weighted by Crippen LogP contribution is 2.29. The number of benzene rings is 1. The first-order valence-corrected chi connectivity index (χ1v) is 8.29. The predicted molar refractivity (Wildman–Crippen MR) is 92.1 cm³/mol. The molecule has 0 saturated carbocycles. The maximum Gasteiger partial charge on any atom is 0.247 e. The first-order chi connectivity index (χ1) is 11.2. The highest BCUT2D eigenvalue weighted by Gasteiger charge is 2.43. The number of anilines is 1. The summed E-state index contributed by atoms with van der Waals surface area (Å²) in [6.07, 6.45) is 0.998. The molecule has 1 aromatic rings. The highest BCUT2D eigenvalue weighted by atomic mass is 19.1. The van der Waals surface area contributed by atoms with Crippen LogP contribution in [-0.2, 0) is 9.59 Å². The van der Waals surface area contributed by atoms with E-state index in [1.54, 1.807) is 36.0 Å². The van der Waals surface area contributed by atoms with Gasteiger partial charge >= 0.3 is 0 Å². The van der Waals surface area contributed by atoms with Gasteiger partial charge in [0.25, 0.3) is 0 Å². The summed E-state index contributed by atoms with van der Waals surface area (Å²) in [4.78, 5) is 28.3. The second-order valence-electron chi connectivity index (χ2n) is 6.90. The first kappa shape index (κ1) is 18.2. The van der Waals surface area contributed by atoms with Gasteiger partial charge < -0.3 is 15.1 Å². The van der Waals surface area contributed by atoms with Crippen molar-refractivity contribution < 1.29 is 14.0 Å². The van der Waals surface area contributed by atoms with Crippen molar-refractivity contribution in [1.29, 1.82) is 0 Å². The average Bonchev–Trinajstić information content (AvgIpc) is 2.54. The molecule has 1 heterocycles. The zero-order chi connectivity index (χ0) is 17.9. The molecule has 1 aliphatic rings. The Morgan fingerprint density at radius 1 is 1.25 bits per heavy atom. The number of likely N-dealkylation sites (tertiary alicyclic amines) is 1. The molecule has 2 amide bonds. The molecule has 5 nitrogen and oxygen atoms in total. The van der Waals surface area contributed by atoms with Crippen molar-refractivity contribution in [2.45, 2.75) is 32.2 Å². The molecule has 0 unspecified atom stereocenters. The van der Waals surface area contributed by atoms with E-state index in [1.807, 2.05) is 13.8 Å². The van der Waals surface area contributed by atoms with E-state index in [0.717, 1.165) is 0 Å². The second kappa shape index (κ2) is 7.20. The molecule has 24 heavy (non-hydrogen) atoms. The molecule has 2 rings (SSSR count). The summed E-state index contributed by atoms with van der Waals surface area (Å²) in [5, 5.41) is 3.24. The molecule has 0 aromatic heterocycles. The number of carbonyl (C=O) groups is 2. The van der Waals surface area contributed by atoms with Crippen LogP contribution >= 0.6 is 0 Å². The number of halogens is 1. The Bertz CT molecular complexity index is 608. The molecule has 0 aliphatic carbocycles. The topological polar surface area (TPSA) is 52.7 Å². The number of carbonyl (C=O) groups excluding carboxylic acids is 2. The molecule has 0 bridgehead atoms. The molecule has 1 fully saturated rings. The van der Waals surface area contributed by atoms with Crippen molar-refractivity contribution in [2.75, 3.05) is 32.5 Å². The van der Waals surface area contributed by atoms with Gasteiger partial charge in [0, 0.05) is 38.8 Å². The Morgan fingerprint density at radius 3 is 2.38 bits per heavy atom. The van der Waals surface area contributed by atoms with Gasteiger partial charge in [-0.2, -0.15) is 0 Å². The molecule has 1 saturated heterocycles. The molecule has 0 radical (unpaired) electrons. The number of hydrogen-bond acceptors (Lipinski definition) is 3. The number of likely N-dealkylation sites (N-methyl/N-ethyl adjacent to an activating group) is 1. The third kappa shape index (κ3) is 3.86. The van der Waals surface area contributed by atoms with Gasteiger partial charge in [0.2, 0.25) is 11.8 Å². The number of amides is 2. The van der Waals surface area contributed by atoms with Crippen LogP contribution in [0.2, 0.25) is 0 Å². The number of nitrogens with one attached hydrogen (secondary N) is 1. The fourth-order valence-corrected chi connectivity index (χ4v) is 3.14. The maximum absolute atomic E-state index is 13.5. The van der Waals surface area contributed by atoms with Gasteiger partial charge in [-0.1, -0.05) is 19.9 Å².